The van der Waals surface area contributed by atoms with Gasteiger partial charge < -0.3 is 26.3 Å². The van der Waals surface area contributed by atoms with E-state index in [4.69, 9.17) is 20.9 Å². The predicted octanol–water partition coefficient (Wildman–Crippen LogP) is 2.62. The Bertz CT molecular complexity index is 1150. The van der Waals surface area contributed by atoms with E-state index in [0.717, 1.165) is 0 Å². The number of hydrogen-bond acceptors (Lipinski definition) is 6. The van der Waals surface area contributed by atoms with Crippen LogP contribution in [0.3, 0.4) is 0 Å². The summed E-state index contributed by atoms with van der Waals surface area (Å²) in [6.45, 7) is 1.27. The van der Waals surface area contributed by atoms with Crippen LogP contribution in [0.1, 0.15) is 57.6 Å². The van der Waals surface area contributed by atoms with Crippen molar-refractivity contribution >= 4 is 17.6 Å². The highest BCUT2D eigenvalue weighted by atomic mass is 19.1. The molecule has 1 atom stereocenters. The number of hydrogen-bond donors (Lipinski definition) is 3. The number of nitrogens with one attached hydrogen (secondary N) is 1. The van der Waals surface area contributed by atoms with E-state index in [-0.39, 0.29) is 42.0 Å². The molecule has 9 nitrogen and oxygen atoms in total. The molecule has 1 saturated heterocycles. The summed E-state index contributed by atoms with van der Waals surface area (Å²) in [7, 11) is 1.49. The molecule has 0 bridgehead atoms. The Hall–Kier alpha value is -3.66. The smallest absolute Gasteiger partial charge is 0.255 e. The molecule has 1 aliphatic carbocycles. The Balaban J connectivity index is 1.50. The van der Waals surface area contributed by atoms with Crippen molar-refractivity contribution in [3.63, 3.8) is 0 Å². The van der Waals surface area contributed by atoms with Gasteiger partial charge in [0.05, 0.1) is 30.3 Å². The fraction of sp³-hybridized carbons (Fsp3) is 0.375. The van der Waals surface area contributed by atoms with Gasteiger partial charge in [0, 0.05) is 19.8 Å². The summed E-state index contributed by atoms with van der Waals surface area (Å²) in [5.41, 5.74) is 13.1. The van der Waals surface area contributed by atoms with Crippen molar-refractivity contribution in [2.24, 2.45) is 5.73 Å². The molecule has 5 N–H and O–H groups in total. The second kappa shape index (κ2) is 10.1. The second-order valence-corrected chi connectivity index (χ2v) is 8.28. The normalized spacial score (nSPS) is 18.7. The van der Waals surface area contributed by atoms with Gasteiger partial charge >= 0.3 is 0 Å². The molecule has 34 heavy (non-hydrogen) atoms. The summed E-state index contributed by atoms with van der Waals surface area (Å²) >= 11 is 0. The Morgan fingerprint density at radius 1 is 1.29 bits per heavy atom. The predicted molar refractivity (Wildman–Crippen MR) is 124 cm³/mol. The van der Waals surface area contributed by atoms with Gasteiger partial charge in [0.25, 0.3) is 11.8 Å². The van der Waals surface area contributed by atoms with Crippen LogP contribution in [0.4, 0.5) is 10.2 Å². The number of carbonyl (C=O) groups is 2. The molecular weight excluding hydrogens is 441 g/mol. The van der Waals surface area contributed by atoms with Crippen molar-refractivity contribution in [3.05, 3.63) is 64.6 Å². The molecule has 2 amide bonds. The quantitative estimate of drug-likeness (QED) is 0.571. The monoisotopic (exact) mass is 469 g/mol. The third-order valence-corrected chi connectivity index (χ3v) is 6.16. The van der Waals surface area contributed by atoms with Crippen LogP contribution in [0.25, 0.3) is 0 Å². The number of amides is 2. The van der Waals surface area contributed by atoms with Gasteiger partial charge in [-0.05, 0) is 43.0 Å². The molecular formula is C24H28FN5O4. The lowest BCUT2D eigenvalue weighted by molar-refractivity contribution is 0.0667. The maximum Gasteiger partial charge on any atom is 0.255 e. The first-order valence-corrected chi connectivity index (χ1v) is 11.1. The summed E-state index contributed by atoms with van der Waals surface area (Å²) in [4.78, 5) is 24.7. The molecule has 2 heterocycles. The van der Waals surface area contributed by atoms with E-state index < -0.39 is 17.7 Å². The maximum absolute atomic E-state index is 15.2. The standard InChI is InChI=1S/C24H28FN5O4/c1-33-19-5-3-2-4-17(19)24(32)28-13-14-6-7-16(18(25)12-14)21-20(23(27)31)22(26)30(29-21)15-8-10-34-11-9-15/h2-6,12,15-16H,7-11,13,26H2,1H3,(H2,27,31)(H,28,32). The van der Waals surface area contributed by atoms with E-state index in [1.807, 2.05) is 6.08 Å². The number of nitrogens with zero attached hydrogens (tertiary/aromatic N) is 2. The molecule has 2 aliphatic rings. The molecule has 4 rings (SSSR count). The molecule has 1 aromatic carbocycles. The fourth-order valence-electron chi connectivity index (χ4n) is 4.36. The lowest BCUT2D eigenvalue weighted by Crippen LogP contribution is -2.26. The van der Waals surface area contributed by atoms with Crippen molar-refractivity contribution < 1.29 is 23.5 Å². The molecule has 1 fully saturated rings. The Morgan fingerprint density at radius 2 is 2.03 bits per heavy atom. The number of methoxy groups -OCH3 is 1. The minimum atomic E-state index is -0.778. The van der Waals surface area contributed by atoms with Gasteiger partial charge in [0.15, 0.2) is 0 Å². The van der Waals surface area contributed by atoms with Crippen molar-refractivity contribution in [2.75, 3.05) is 32.6 Å². The number of rotatable bonds is 7. The molecule has 0 spiro atoms. The van der Waals surface area contributed by atoms with Crippen LogP contribution in [0.2, 0.25) is 0 Å². The number of aromatic nitrogens is 2. The average Bonchev–Trinajstić information content (AvgIpc) is 3.20. The summed E-state index contributed by atoms with van der Waals surface area (Å²) in [6, 6.07) is 6.82. The third kappa shape index (κ3) is 4.67. The first-order valence-electron chi connectivity index (χ1n) is 11.1. The number of primary amides is 1. The van der Waals surface area contributed by atoms with Gasteiger partial charge in [-0.1, -0.05) is 18.2 Å². The molecule has 0 saturated carbocycles. The van der Waals surface area contributed by atoms with E-state index in [9.17, 15) is 9.59 Å². The Kier molecular flexibility index (Phi) is 6.97. The van der Waals surface area contributed by atoms with E-state index >= 15 is 4.39 Å². The van der Waals surface area contributed by atoms with Crippen LogP contribution in [-0.4, -0.2) is 48.5 Å². The molecule has 2 aromatic rings. The first kappa shape index (κ1) is 23.5. The molecule has 1 unspecified atom stereocenters. The van der Waals surface area contributed by atoms with Crippen LogP contribution in [0, 0.1) is 0 Å². The highest BCUT2D eigenvalue weighted by Crippen LogP contribution is 2.38. The summed E-state index contributed by atoms with van der Waals surface area (Å²) in [5, 5.41) is 7.31. The summed E-state index contributed by atoms with van der Waals surface area (Å²) in [6.07, 6.45) is 4.81. The van der Waals surface area contributed by atoms with Gasteiger partial charge in [0.1, 0.15) is 23.0 Å². The molecule has 180 valence electrons. The minimum absolute atomic E-state index is 0.0347. The highest BCUT2D eigenvalue weighted by molar-refractivity contribution is 5.99. The SMILES string of the molecule is COc1ccccc1C(=O)NCC1=CCC(c2nn(C3CCOCC3)c(N)c2C(N)=O)C(F)=C1. The molecule has 1 aromatic heterocycles. The number of para-hydroxylation sites is 1. The van der Waals surface area contributed by atoms with E-state index in [0.29, 0.717) is 42.9 Å². The second-order valence-electron chi connectivity index (χ2n) is 8.28. The Morgan fingerprint density at radius 3 is 2.71 bits per heavy atom. The number of nitrogen functional groups attached to an aromatic ring is 1. The lowest BCUT2D eigenvalue weighted by Gasteiger charge is -2.23. The van der Waals surface area contributed by atoms with Crippen molar-refractivity contribution in [3.8, 4) is 5.75 Å². The zero-order valence-corrected chi connectivity index (χ0v) is 18.9. The van der Waals surface area contributed by atoms with Crippen molar-refractivity contribution in [1.29, 1.82) is 0 Å². The maximum atomic E-state index is 15.2. The first-order chi connectivity index (χ1) is 16.4. The van der Waals surface area contributed by atoms with E-state index in [1.165, 1.54) is 13.2 Å². The van der Waals surface area contributed by atoms with Crippen LogP contribution in [0.5, 0.6) is 5.75 Å². The van der Waals surface area contributed by atoms with Crippen LogP contribution in [-0.2, 0) is 4.74 Å². The largest absolute Gasteiger partial charge is 0.496 e. The minimum Gasteiger partial charge on any atom is -0.496 e. The lowest BCUT2D eigenvalue weighted by atomic mass is 9.90. The average molecular weight is 470 g/mol. The van der Waals surface area contributed by atoms with Gasteiger partial charge in [0.2, 0.25) is 0 Å². The molecule has 10 heteroatoms. The number of carbonyl (C=O) groups excluding carboxylic acids is 2. The summed E-state index contributed by atoms with van der Waals surface area (Å²) in [5.74, 6) is -1.70. The zero-order valence-electron chi connectivity index (χ0n) is 18.9. The van der Waals surface area contributed by atoms with Gasteiger partial charge in [-0.25, -0.2) is 9.07 Å². The van der Waals surface area contributed by atoms with Crippen molar-refractivity contribution in [1.82, 2.24) is 15.1 Å². The van der Waals surface area contributed by atoms with E-state index in [2.05, 4.69) is 10.4 Å². The van der Waals surface area contributed by atoms with E-state index in [1.54, 1.807) is 28.9 Å². The molecule has 0 radical (unpaired) electrons. The van der Waals surface area contributed by atoms with Gasteiger partial charge in [-0.2, -0.15) is 5.10 Å². The molecule has 1 aliphatic heterocycles. The number of nitrogens with two attached hydrogens (primary N) is 2. The summed E-state index contributed by atoms with van der Waals surface area (Å²) < 4.78 is 27.4. The third-order valence-electron chi connectivity index (χ3n) is 6.16. The van der Waals surface area contributed by atoms with Crippen LogP contribution in [0.15, 0.2) is 47.8 Å². The van der Waals surface area contributed by atoms with Gasteiger partial charge in [-0.3, -0.25) is 9.59 Å². The number of halogens is 1. The number of benzene rings is 1. The zero-order chi connectivity index (χ0) is 24.2. The topological polar surface area (TPSA) is 134 Å². The number of anilines is 1. The van der Waals surface area contributed by atoms with Crippen molar-refractivity contribution in [2.45, 2.75) is 31.2 Å². The van der Waals surface area contributed by atoms with Crippen LogP contribution < -0.4 is 21.5 Å². The van der Waals surface area contributed by atoms with Crippen LogP contribution >= 0.6 is 0 Å². The fourth-order valence-corrected chi connectivity index (χ4v) is 4.36. The van der Waals surface area contributed by atoms with Gasteiger partial charge in [-0.15, -0.1) is 0 Å². The number of ether oxygens (including phenoxy) is 2. The number of allylic oxidation sites excluding steroid dienone is 2. The Labute approximate surface area is 196 Å². The highest BCUT2D eigenvalue weighted by Gasteiger charge is 2.32.